The molecule has 0 saturated heterocycles. The van der Waals surface area contributed by atoms with Gasteiger partial charge in [-0.1, -0.05) is 35.5 Å². The van der Waals surface area contributed by atoms with Gasteiger partial charge in [0.1, 0.15) is 0 Å². The minimum atomic E-state index is -0.282. The first-order chi connectivity index (χ1) is 11.0. The van der Waals surface area contributed by atoms with Gasteiger partial charge in [-0.3, -0.25) is 10.1 Å². The van der Waals surface area contributed by atoms with E-state index in [4.69, 9.17) is 0 Å². The van der Waals surface area contributed by atoms with Gasteiger partial charge in [0, 0.05) is 4.88 Å². The number of amides is 1. The molecule has 1 N–H and O–H groups in total. The Morgan fingerprint density at radius 3 is 2.61 bits per heavy atom. The van der Waals surface area contributed by atoms with Crippen molar-refractivity contribution < 1.29 is 4.79 Å². The molecular formula is C16H17N5OS. The molecule has 0 radical (unpaired) electrons. The number of thiazole rings is 1. The summed E-state index contributed by atoms with van der Waals surface area (Å²) in [5.41, 5.74) is 3.09. The van der Waals surface area contributed by atoms with Gasteiger partial charge in [0.25, 0.3) is 5.91 Å². The second kappa shape index (κ2) is 6.29. The summed E-state index contributed by atoms with van der Waals surface area (Å²) >= 11 is 1.45. The number of aromatic nitrogens is 4. The van der Waals surface area contributed by atoms with E-state index in [9.17, 15) is 4.79 Å². The zero-order valence-corrected chi connectivity index (χ0v) is 14.0. The summed E-state index contributed by atoms with van der Waals surface area (Å²) in [4.78, 5) is 17.8. The van der Waals surface area contributed by atoms with Crippen molar-refractivity contribution in [2.45, 2.75) is 27.3 Å². The van der Waals surface area contributed by atoms with Gasteiger partial charge in [0.2, 0.25) is 0 Å². The first-order valence-corrected chi connectivity index (χ1v) is 8.05. The maximum Gasteiger partial charge on any atom is 0.279 e. The molecule has 3 aromatic rings. The number of anilines is 1. The quantitative estimate of drug-likeness (QED) is 0.799. The monoisotopic (exact) mass is 327 g/mol. The summed E-state index contributed by atoms with van der Waals surface area (Å²) in [6.07, 6.45) is 0. The highest BCUT2D eigenvalue weighted by molar-refractivity contribution is 7.15. The van der Waals surface area contributed by atoms with Crippen molar-refractivity contribution in [2.24, 2.45) is 0 Å². The summed E-state index contributed by atoms with van der Waals surface area (Å²) < 4.78 is 1.72. The first kappa shape index (κ1) is 15.4. The normalized spacial score (nSPS) is 10.7. The molecule has 0 fully saturated rings. The minimum absolute atomic E-state index is 0.282. The second-order valence-corrected chi connectivity index (χ2v) is 6.48. The zero-order chi connectivity index (χ0) is 16.4. The fourth-order valence-electron chi connectivity index (χ4n) is 2.16. The van der Waals surface area contributed by atoms with Crippen LogP contribution in [0.3, 0.4) is 0 Å². The molecule has 1 amide bonds. The van der Waals surface area contributed by atoms with Crippen LogP contribution in [0.2, 0.25) is 0 Å². The SMILES string of the molecule is Cc1nc(NC(=O)c2nnn(Cc3ccccc3)c2C)sc1C. The zero-order valence-electron chi connectivity index (χ0n) is 13.2. The van der Waals surface area contributed by atoms with E-state index in [1.54, 1.807) is 4.68 Å². The molecule has 2 heterocycles. The Balaban J connectivity index is 1.77. The molecule has 0 saturated carbocycles. The van der Waals surface area contributed by atoms with Crippen LogP contribution >= 0.6 is 11.3 Å². The van der Waals surface area contributed by atoms with Crippen molar-refractivity contribution in [3.8, 4) is 0 Å². The molecule has 0 aliphatic carbocycles. The molecule has 7 heteroatoms. The highest BCUT2D eigenvalue weighted by Crippen LogP contribution is 2.21. The van der Waals surface area contributed by atoms with Crippen LogP contribution in [-0.4, -0.2) is 25.9 Å². The standard InChI is InChI=1S/C16H17N5OS/c1-10-12(3)23-16(17-10)18-15(22)14-11(2)21(20-19-14)9-13-7-5-4-6-8-13/h4-8H,9H2,1-3H3,(H,17,18,22). The fraction of sp³-hybridized carbons (Fsp3) is 0.250. The third kappa shape index (κ3) is 3.29. The van der Waals surface area contributed by atoms with E-state index in [1.807, 2.05) is 51.1 Å². The molecule has 0 spiro atoms. The van der Waals surface area contributed by atoms with Crippen molar-refractivity contribution in [1.29, 1.82) is 0 Å². The third-order valence-corrected chi connectivity index (χ3v) is 4.61. The van der Waals surface area contributed by atoms with Crippen LogP contribution < -0.4 is 5.32 Å². The van der Waals surface area contributed by atoms with E-state index in [-0.39, 0.29) is 5.91 Å². The highest BCUT2D eigenvalue weighted by Gasteiger charge is 2.18. The molecule has 1 aromatic carbocycles. The maximum atomic E-state index is 12.4. The number of carbonyl (C=O) groups is 1. The van der Waals surface area contributed by atoms with E-state index < -0.39 is 0 Å². The van der Waals surface area contributed by atoms with Crippen molar-refractivity contribution in [2.75, 3.05) is 5.32 Å². The molecular weight excluding hydrogens is 310 g/mol. The molecule has 23 heavy (non-hydrogen) atoms. The lowest BCUT2D eigenvalue weighted by Crippen LogP contribution is -2.14. The Labute approximate surface area is 138 Å². The summed E-state index contributed by atoms with van der Waals surface area (Å²) in [5.74, 6) is -0.282. The van der Waals surface area contributed by atoms with Crippen molar-refractivity contribution in [3.05, 3.63) is 57.9 Å². The average molecular weight is 327 g/mol. The molecule has 0 atom stereocenters. The summed E-state index contributed by atoms with van der Waals surface area (Å²) in [5, 5.41) is 11.5. The van der Waals surface area contributed by atoms with Gasteiger partial charge in [0.05, 0.1) is 17.9 Å². The van der Waals surface area contributed by atoms with Gasteiger partial charge < -0.3 is 0 Å². The van der Waals surface area contributed by atoms with Gasteiger partial charge >= 0.3 is 0 Å². The lowest BCUT2D eigenvalue weighted by atomic mass is 10.2. The van der Waals surface area contributed by atoms with E-state index in [0.29, 0.717) is 17.4 Å². The predicted molar refractivity (Wildman–Crippen MR) is 89.8 cm³/mol. The number of nitrogens with zero attached hydrogens (tertiary/aromatic N) is 4. The number of hydrogen-bond acceptors (Lipinski definition) is 5. The molecule has 118 valence electrons. The summed E-state index contributed by atoms with van der Waals surface area (Å²) in [7, 11) is 0. The number of aryl methyl sites for hydroxylation is 2. The topological polar surface area (TPSA) is 72.7 Å². The van der Waals surface area contributed by atoms with Crippen LogP contribution in [0.15, 0.2) is 30.3 Å². The predicted octanol–water partition coefficient (Wildman–Crippen LogP) is 2.96. The Bertz CT molecular complexity index is 818. The number of hydrogen-bond donors (Lipinski definition) is 1. The van der Waals surface area contributed by atoms with Crippen molar-refractivity contribution in [3.63, 3.8) is 0 Å². The summed E-state index contributed by atoms with van der Waals surface area (Å²) in [6, 6.07) is 9.95. The average Bonchev–Trinajstić information content (AvgIpc) is 3.04. The number of nitrogens with one attached hydrogen (secondary N) is 1. The molecule has 3 rings (SSSR count). The number of carbonyl (C=O) groups excluding carboxylic acids is 1. The Morgan fingerprint density at radius 1 is 1.22 bits per heavy atom. The van der Waals surface area contributed by atoms with Gasteiger partial charge in [0.15, 0.2) is 10.8 Å². The van der Waals surface area contributed by atoms with Crippen LogP contribution in [0, 0.1) is 20.8 Å². The Hall–Kier alpha value is -2.54. The second-order valence-electron chi connectivity index (χ2n) is 5.28. The van der Waals surface area contributed by atoms with Crippen molar-refractivity contribution >= 4 is 22.4 Å². The molecule has 0 bridgehead atoms. The number of benzene rings is 1. The third-order valence-electron chi connectivity index (χ3n) is 3.62. The van der Waals surface area contributed by atoms with E-state index >= 15 is 0 Å². The Morgan fingerprint density at radius 2 is 1.96 bits per heavy atom. The lowest BCUT2D eigenvalue weighted by Gasteiger charge is -2.04. The van der Waals surface area contributed by atoms with Crippen LogP contribution in [0.1, 0.15) is 32.3 Å². The van der Waals surface area contributed by atoms with Crippen LogP contribution in [0.5, 0.6) is 0 Å². The molecule has 0 aliphatic rings. The highest BCUT2D eigenvalue weighted by atomic mass is 32.1. The van der Waals surface area contributed by atoms with Crippen molar-refractivity contribution in [1.82, 2.24) is 20.0 Å². The summed E-state index contributed by atoms with van der Waals surface area (Å²) in [6.45, 7) is 6.32. The first-order valence-electron chi connectivity index (χ1n) is 7.24. The van der Waals surface area contributed by atoms with Crippen LogP contribution in [0.25, 0.3) is 0 Å². The van der Waals surface area contributed by atoms with E-state index in [0.717, 1.165) is 21.8 Å². The van der Waals surface area contributed by atoms with E-state index in [1.165, 1.54) is 11.3 Å². The lowest BCUT2D eigenvalue weighted by molar-refractivity contribution is 0.102. The molecule has 6 nitrogen and oxygen atoms in total. The smallest absolute Gasteiger partial charge is 0.279 e. The molecule has 0 aliphatic heterocycles. The largest absolute Gasteiger partial charge is 0.296 e. The molecule has 2 aromatic heterocycles. The van der Waals surface area contributed by atoms with Gasteiger partial charge in [-0.25, -0.2) is 9.67 Å². The van der Waals surface area contributed by atoms with Gasteiger partial charge in [-0.05, 0) is 26.3 Å². The van der Waals surface area contributed by atoms with E-state index in [2.05, 4.69) is 20.6 Å². The van der Waals surface area contributed by atoms with Gasteiger partial charge in [-0.15, -0.1) is 16.4 Å². The van der Waals surface area contributed by atoms with Crippen LogP contribution in [-0.2, 0) is 6.54 Å². The van der Waals surface area contributed by atoms with Gasteiger partial charge in [-0.2, -0.15) is 0 Å². The fourth-order valence-corrected chi connectivity index (χ4v) is 2.97. The maximum absolute atomic E-state index is 12.4. The van der Waals surface area contributed by atoms with Crippen LogP contribution in [0.4, 0.5) is 5.13 Å². The minimum Gasteiger partial charge on any atom is -0.296 e. The molecule has 0 unspecified atom stereocenters. The Kier molecular flexibility index (Phi) is 4.20. The number of rotatable bonds is 4.